The summed E-state index contributed by atoms with van der Waals surface area (Å²) < 4.78 is 0. The van der Waals surface area contributed by atoms with Crippen LogP contribution < -0.4 is 70.0 Å². The molecule has 0 aliphatic carbocycles. The molecule has 524 valence electrons. The quantitative estimate of drug-likeness (QED) is 0.0185. The Morgan fingerprint density at radius 3 is 0.567 bits per heavy atom. The molecule has 43 nitrogen and oxygen atoms in total. The highest BCUT2D eigenvalue weighted by atomic mass is 32.2. The molecule has 0 spiro atoms. The van der Waals surface area contributed by atoms with Gasteiger partial charge in [-0.05, 0) is 0 Å². The normalized spacial score (nSPS) is 10.9. The van der Waals surface area contributed by atoms with E-state index in [0.717, 1.165) is 70.6 Å². The minimum atomic E-state index is -1.00. The van der Waals surface area contributed by atoms with Crippen molar-refractivity contribution in [2.75, 3.05) is 177 Å². The van der Waals surface area contributed by atoms with Crippen molar-refractivity contribution >= 4 is 178 Å². The van der Waals surface area contributed by atoms with E-state index in [4.69, 9.17) is 21.7 Å². The van der Waals surface area contributed by atoms with E-state index in [2.05, 4.69) is 148 Å². The number of hydrogen-bond donors (Lipinski definition) is 19. The van der Waals surface area contributed by atoms with E-state index >= 15 is 0 Å². The maximum Gasteiger partial charge on any atom is 0.304 e. The fraction of sp³-hybridized carbons (Fsp3) is 0.500. The molecule has 21 N–H and O–H groups in total. The molecular weight excluding hydrogens is 1400 g/mol. The summed E-state index contributed by atoms with van der Waals surface area (Å²) >= 11 is 6.72. The summed E-state index contributed by atoms with van der Waals surface area (Å²) in [5.41, 5.74) is 11.5. The largest absolute Gasteiger partial charge is 0.481 e. The van der Waals surface area contributed by atoms with Gasteiger partial charge in [-0.25, -0.2) is 0 Å². The first kappa shape index (κ1) is 76.6. The Labute approximate surface area is 576 Å². The van der Waals surface area contributed by atoms with Crippen LogP contribution in [0, 0.1) is 0 Å². The fourth-order valence-corrected chi connectivity index (χ4v) is 11.3. The van der Waals surface area contributed by atoms with E-state index in [9.17, 15) is 49.2 Å². The van der Waals surface area contributed by atoms with Crippen molar-refractivity contribution in [2.45, 2.75) is 69.5 Å². The van der Waals surface area contributed by atoms with Gasteiger partial charge in [-0.1, -0.05) is 70.6 Å². The number of aromatic nitrogens is 18. The fourth-order valence-electron chi connectivity index (χ4n) is 6.72. The van der Waals surface area contributed by atoms with Gasteiger partial charge >= 0.3 is 35.8 Å². The Morgan fingerprint density at radius 2 is 0.402 bits per heavy atom. The van der Waals surface area contributed by atoms with Crippen LogP contribution in [-0.2, 0) is 28.8 Å². The summed E-state index contributed by atoms with van der Waals surface area (Å²) in [5.74, 6) is -2.84. The second-order valence-corrected chi connectivity index (χ2v) is 24.9. The van der Waals surface area contributed by atoms with Gasteiger partial charge in [0.15, 0.2) is 30.9 Å². The van der Waals surface area contributed by atoms with Crippen LogP contribution in [0.2, 0.25) is 0 Å². The number of hydrogen-bond acceptors (Lipinski definition) is 43. The minimum Gasteiger partial charge on any atom is -0.481 e. The highest BCUT2D eigenvalue weighted by Crippen LogP contribution is 2.23. The van der Waals surface area contributed by atoms with Crippen LogP contribution >= 0.6 is 70.6 Å². The zero-order chi connectivity index (χ0) is 69.6. The predicted molar refractivity (Wildman–Crippen MR) is 364 cm³/mol. The van der Waals surface area contributed by atoms with E-state index in [1.165, 1.54) is 0 Å². The molecule has 0 aliphatic rings. The molecule has 0 saturated carbocycles. The van der Waals surface area contributed by atoms with Crippen LogP contribution in [0.3, 0.4) is 0 Å². The van der Waals surface area contributed by atoms with E-state index in [0.29, 0.717) is 18.2 Å². The number of rotatable bonds is 52. The molecule has 6 rings (SSSR count). The smallest absolute Gasteiger partial charge is 0.304 e. The number of nitrogens with two attached hydrogens (primary N) is 2. The van der Waals surface area contributed by atoms with Crippen LogP contribution in [0.25, 0.3) is 0 Å². The van der Waals surface area contributed by atoms with E-state index < -0.39 is 35.8 Å². The SMILES string of the molecule is NCCNc1nc(NCCNc2nc(NCCNc3nc(NCCNc4nc(NCCNc5nc(NCCNc6nc(N)nc(SCCC(=O)O)n6)nc(SCCC(=O)O)n5)nc(SCCC(=O)O)n4)nc(SCCC(=O)O)n3)nc(SCCC(=O)O)n2)nc(SCCC(=O)O)n1. The molecule has 6 aromatic heterocycles. The molecule has 0 aliphatic heterocycles. The number of nitrogens with one attached hydrogen (secondary N) is 11. The maximum absolute atomic E-state index is 11.4. The van der Waals surface area contributed by atoms with E-state index in [-0.39, 0.29) is 236 Å². The number of aliphatic carboxylic acids is 6. The summed E-state index contributed by atoms with van der Waals surface area (Å²) in [6, 6.07) is 0. The molecule has 0 saturated heterocycles. The third-order valence-electron chi connectivity index (χ3n) is 10.9. The van der Waals surface area contributed by atoms with Crippen LogP contribution in [-0.4, -0.2) is 269 Å². The lowest BCUT2D eigenvalue weighted by Gasteiger charge is -2.13. The van der Waals surface area contributed by atoms with Crippen molar-refractivity contribution in [3.05, 3.63) is 0 Å². The van der Waals surface area contributed by atoms with Gasteiger partial charge in [0.1, 0.15) is 0 Å². The lowest BCUT2D eigenvalue weighted by molar-refractivity contribution is -0.137. The molecule has 0 aromatic carbocycles. The first-order valence-electron chi connectivity index (χ1n) is 29.0. The number of nitrogen functional groups attached to an aromatic ring is 1. The highest BCUT2D eigenvalue weighted by Gasteiger charge is 2.16. The van der Waals surface area contributed by atoms with Crippen molar-refractivity contribution in [2.24, 2.45) is 5.73 Å². The molecule has 6 heterocycles. The van der Waals surface area contributed by atoms with Gasteiger partial charge in [-0.3, -0.25) is 28.8 Å². The number of carboxylic acids is 6. The first-order chi connectivity index (χ1) is 46.8. The molecule has 0 atom stereocenters. The number of thioether (sulfide) groups is 6. The van der Waals surface area contributed by atoms with Crippen molar-refractivity contribution in [3.63, 3.8) is 0 Å². The van der Waals surface area contributed by atoms with Gasteiger partial charge in [0, 0.05) is 113 Å². The van der Waals surface area contributed by atoms with Gasteiger partial charge in [0.25, 0.3) is 0 Å². The monoisotopic (exact) mass is 1460 g/mol. The predicted octanol–water partition coefficient (Wildman–Crippen LogP) is 0.770. The second kappa shape index (κ2) is 42.9. The minimum absolute atomic E-state index is 0.0503. The van der Waals surface area contributed by atoms with Crippen LogP contribution in [0.5, 0.6) is 0 Å². The number of anilines is 12. The van der Waals surface area contributed by atoms with Crippen molar-refractivity contribution in [1.29, 1.82) is 0 Å². The van der Waals surface area contributed by atoms with Gasteiger partial charge in [0.05, 0.1) is 38.5 Å². The van der Waals surface area contributed by atoms with Crippen molar-refractivity contribution in [3.8, 4) is 0 Å². The molecule has 0 unspecified atom stereocenters. The summed E-state index contributed by atoms with van der Waals surface area (Å²) in [6.45, 7) is 3.03. The summed E-state index contributed by atoms with van der Waals surface area (Å²) in [5, 5.41) is 90.7. The van der Waals surface area contributed by atoms with Crippen LogP contribution in [0.1, 0.15) is 38.5 Å². The number of carbonyl (C=O) groups is 6. The lowest BCUT2D eigenvalue weighted by atomic mass is 10.5. The van der Waals surface area contributed by atoms with E-state index in [1.807, 2.05) is 0 Å². The zero-order valence-corrected chi connectivity index (χ0v) is 56.2. The molecule has 0 fully saturated rings. The van der Waals surface area contributed by atoms with Crippen LogP contribution in [0.15, 0.2) is 30.9 Å². The Hall–Kier alpha value is -9.46. The number of nitrogens with zero attached hydrogens (tertiary/aromatic N) is 18. The average Bonchev–Trinajstić information content (AvgIpc) is 1.63. The summed E-state index contributed by atoms with van der Waals surface area (Å²) in [7, 11) is 0. The average molecular weight is 1460 g/mol. The highest BCUT2D eigenvalue weighted by molar-refractivity contribution is 8.00. The maximum atomic E-state index is 11.4. The molecular formula is C48H69N31O12S6. The van der Waals surface area contributed by atoms with Gasteiger partial charge in [-0.15, -0.1) is 0 Å². The molecule has 6 aromatic rings. The van der Waals surface area contributed by atoms with Gasteiger partial charge < -0.3 is 101 Å². The topological polar surface area (TPSA) is 640 Å². The molecule has 0 radical (unpaired) electrons. The third kappa shape index (κ3) is 32.7. The number of carboxylic acid groups (broad SMARTS) is 6. The molecule has 97 heavy (non-hydrogen) atoms. The Kier molecular flexibility index (Phi) is 33.8. The molecule has 49 heteroatoms. The first-order valence-corrected chi connectivity index (χ1v) is 34.9. The Balaban J connectivity index is 1.04. The van der Waals surface area contributed by atoms with Gasteiger partial charge in [0.2, 0.25) is 71.4 Å². The van der Waals surface area contributed by atoms with Crippen molar-refractivity contribution < 1.29 is 59.4 Å². The summed E-state index contributed by atoms with van der Waals surface area (Å²) in [4.78, 5) is 146. The molecule has 0 amide bonds. The van der Waals surface area contributed by atoms with Gasteiger partial charge in [-0.2, -0.15) is 89.7 Å². The second-order valence-electron chi connectivity index (χ2n) is 18.6. The summed E-state index contributed by atoms with van der Waals surface area (Å²) in [6.07, 6.45) is -0.776. The third-order valence-corrected chi connectivity index (χ3v) is 16.0. The van der Waals surface area contributed by atoms with Crippen LogP contribution in [0.4, 0.5) is 71.4 Å². The lowest BCUT2D eigenvalue weighted by Crippen LogP contribution is -2.21. The Morgan fingerprint density at radius 1 is 0.247 bits per heavy atom. The zero-order valence-electron chi connectivity index (χ0n) is 51.3. The van der Waals surface area contributed by atoms with E-state index in [1.54, 1.807) is 0 Å². The molecule has 0 bridgehead atoms. The Bertz CT molecular complexity index is 3550. The standard InChI is InChI=1S/C48H69N31O12S6/c49-7-8-51-33-64-34(71-44(70-33)93-20-2-26(82)83)54-11-12-55-37-66-38(75-46(74-37)95-22-4-28(86)87)58-15-16-59-41-68-42(79-48(78-41)97-24-6-30(90)91)61-18-17-60-40-67-39(76-47(77-40)96-23-5-29(88)89)57-14-13-56-36-65-35(72-45(73-36)94-21-3-27(84)85)53-10-9-52-32-62-31(50)63-43(69-32)92-19-1-25(80)81/h1-24,49H2,(H,80,81)(H,82,83)(H,84,85)(H,86,87)(H,88,89)(H,90,91)(H3,50,52,62,63,69)(H2,51,54,64,70,71)(H2,53,56,65,72,73)(H2,55,58,66,74,75)(H2,57,60,67,76,77)(H2,59,61,68,78,79). The van der Waals surface area contributed by atoms with Crippen molar-refractivity contribution in [1.82, 2.24) is 89.7 Å².